The summed E-state index contributed by atoms with van der Waals surface area (Å²) in [5.74, 6) is -0.0710. The van der Waals surface area contributed by atoms with E-state index in [-0.39, 0.29) is 16.8 Å². The standard InChI is InChI=1S/C20H33N3O3S/c1-6-22(7-2)20(24)17-8-10-19(11-9-17)27(25,26)21(5)18-12-14-23(15-13-18)16(3)4/h8-11,16,18H,6-7,12-15H2,1-5H3. The first-order chi connectivity index (χ1) is 12.7. The van der Waals surface area contributed by atoms with E-state index < -0.39 is 10.0 Å². The molecule has 0 spiro atoms. The normalized spacial score (nSPS) is 16.9. The summed E-state index contributed by atoms with van der Waals surface area (Å²) in [7, 11) is -1.89. The van der Waals surface area contributed by atoms with Gasteiger partial charge in [0.2, 0.25) is 10.0 Å². The van der Waals surface area contributed by atoms with Gasteiger partial charge in [0.25, 0.3) is 5.91 Å². The Morgan fingerprint density at radius 2 is 1.63 bits per heavy atom. The third-order valence-electron chi connectivity index (χ3n) is 5.57. The van der Waals surface area contributed by atoms with Gasteiger partial charge < -0.3 is 9.80 Å². The molecule has 27 heavy (non-hydrogen) atoms. The Morgan fingerprint density at radius 3 is 2.07 bits per heavy atom. The molecule has 1 aromatic rings. The molecule has 6 nitrogen and oxygen atoms in total. The largest absolute Gasteiger partial charge is 0.339 e. The number of carbonyl (C=O) groups is 1. The van der Waals surface area contributed by atoms with Gasteiger partial charge in [0.1, 0.15) is 0 Å². The predicted octanol–water partition coefficient (Wildman–Crippen LogP) is 2.66. The van der Waals surface area contributed by atoms with Crippen molar-refractivity contribution in [3.05, 3.63) is 29.8 Å². The Morgan fingerprint density at radius 1 is 1.11 bits per heavy atom. The van der Waals surface area contributed by atoms with Crippen molar-refractivity contribution in [2.24, 2.45) is 0 Å². The van der Waals surface area contributed by atoms with Crippen LogP contribution in [0.15, 0.2) is 29.2 Å². The van der Waals surface area contributed by atoms with Gasteiger partial charge in [0.15, 0.2) is 0 Å². The van der Waals surface area contributed by atoms with Crippen molar-refractivity contribution in [1.29, 1.82) is 0 Å². The third kappa shape index (κ3) is 4.89. The van der Waals surface area contributed by atoms with Gasteiger partial charge >= 0.3 is 0 Å². The number of hydrogen-bond donors (Lipinski definition) is 0. The summed E-state index contributed by atoms with van der Waals surface area (Å²) < 4.78 is 27.5. The lowest BCUT2D eigenvalue weighted by Crippen LogP contribution is -2.47. The van der Waals surface area contributed by atoms with Crippen LogP contribution in [0.2, 0.25) is 0 Å². The minimum Gasteiger partial charge on any atom is -0.339 e. The lowest BCUT2D eigenvalue weighted by Gasteiger charge is -2.38. The SMILES string of the molecule is CCN(CC)C(=O)c1ccc(S(=O)(=O)N(C)C2CCN(C(C)C)CC2)cc1. The molecule has 7 heteroatoms. The molecule has 1 aliphatic heterocycles. The molecule has 0 radical (unpaired) electrons. The molecular weight excluding hydrogens is 362 g/mol. The third-order valence-corrected chi connectivity index (χ3v) is 7.50. The molecule has 0 aliphatic carbocycles. The van der Waals surface area contributed by atoms with Crippen molar-refractivity contribution in [2.45, 2.75) is 57.5 Å². The zero-order valence-electron chi connectivity index (χ0n) is 17.2. The first-order valence-corrected chi connectivity index (χ1v) is 11.3. The van der Waals surface area contributed by atoms with Crippen molar-refractivity contribution in [3.8, 4) is 0 Å². The van der Waals surface area contributed by atoms with Gasteiger partial charge in [-0.3, -0.25) is 4.79 Å². The Labute approximate surface area is 164 Å². The molecule has 2 rings (SSSR count). The zero-order valence-corrected chi connectivity index (χ0v) is 18.0. The minimum absolute atomic E-state index is 0.0157. The van der Waals surface area contributed by atoms with Crippen LogP contribution in [0.3, 0.4) is 0 Å². The monoisotopic (exact) mass is 395 g/mol. The second-order valence-electron chi connectivity index (χ2n) is 7.38. The summed E-state index contributed by atoms with van der Waals surface area (Å²) >= 11 is 0. The van der Waals surface area contributed by atoms with Crippen LogP contribution in [0.4, 0.5) is 0 Å². The Hall–Kier alpha value is -1.44. The van der Waals surface area contributed by atoms with Crippen molar-refractivity contribution in [1.82, 2.24) is 14.1 Å². The van der Waals surface area contributed by atoms with Crippen molar-refractivity contribution >= 4 is 15.9 Å². The van der Waals surface area contributed by atoms with Gasteiger partial charge in [-0.1, -0.05) is 0 Å². The van der Waals surface area contributed by atoms with Gasteiger partial charge in [-0.05, 0) is 77.9 Å². The Kier molecular flexibility index (Phi) is 7.42. The molecule has 0 N–H and O–H groups in total. The van der Waals surface area contributed by atoms with E-state index in [1.807, 2.05) is 13.8 Å². The number of hydrogen-bond acceptors (Lipinski definition) is 4. The first-order valence-electron chi connectivity index (χ1n) is 9.83. The maximum absolute atomic E-state index is 13.0. The van der Waals surface area contributed by atoms with Crippen LogP contribution in [-0.4, -0.2) is 73.7 Å². The van der Waals surface area contributed by atoms with Gasteiger partial charge in [-0.2, -0.15) is 4.31 Å². The second kappa shape index (κ2) is 9.17. The van der Waals surface area contributed by atoms with Gasteiger partial charge in [-0.15, -0.1) is 0 Å². The quantitative estimate of drug-likeness (QED) is 0.712. The second-order valence-corrected chi connectivity index (χ2v) is 9.38. The molecular formula is C20H33N3O3S. The van der Waals surface area contributed by atoms with Gasteiger partial charge in [0.05, 0.1) is 4.90 Å². The van der Waals surface area contributed by atoms with E-state index in [9.17, 15) is 13.2 Å². The highest BCUT2D eigenvalue weighted by atomic mass is 32.2. The molecule has 1 amide bonds. The number of rotatable bonds is 7. The summed E-state index contributed by atoms with van der Waals surface area (Å²) in [6, 6.07) is 6.83. The predicted molar refractivity (Wildman–Crippen MR) is 108 cm³/mol. The Balaban J connectivity index is 2.11. The number of benzene rings is 1. The summed E-state index contributed by atoms with van der Waals surface area (Å²) in [6.45, 7) is 11.3. The Bertz CT molecular complexity index is 719. The summed E-state index contributed by atoms with van der Waals surface area (Å²) in [5, 5.41) is 0. The maximum atomic E-state index is 13.0. The van der Waals surface area contributed by atoms with E-state index in [2.05, 4.69) is 18.7 Å². The average Bonchev–Trinajstić information content (AvgIpc) is 2.68. The smallest absolute Gasteiger partial charge is 0.253 e. The van der Waals surface area contributed by atoms with Gasteiger partial charge in [-0.25, -0.2) is 8.42 Å². The number of carbonyl (C=O) groups excluding carboxylic acids is 1. The van der Waals surface area contributed by atoms with Crippen LogP contribution < -0.4 is 0 Å². The highest BCUT2D eigenvalue weighted by Crippen LogP contribution is 2.24. The summed E-state index contributed by atoms with van der Waals surface area (Å²) in [5.41, 5.74) is 0.519. The molecule has 1 aromatic carbocycles. The summed E-state index contributed by atoms with van der Waals surface area (Å²) in [6.07, 6.45) is 1.68. The molecule has 1 fully saturated rings. The first kappa shape index (κ1) is 21.9. The highest BCUT2D eigenvalue weighted by Gasteiger charge is 2.31. The van der Waals surface area contributed by atoms with E-state index >= 15 is 0 Å². The number of likely N-dealkylation sites (tertiary alicyclic amines) is 1. The zero-order chi connectivity index (χ0) is 20.2. The molecule has 0 unspecified atom stereocenters. The number of piperidine rings is 1. The van der Waals surface area contributed by atoms with Crippen molar-refractivity contribution < 1.29 is 13.2 Å². The maximum Gasteiger partial charge on any atom is 0.253 e. The van der Waals surface area contributed by atoms with E-state index in [4.69, 9.17) is 0 Å². The molecule has 1 aliphatic rings. The molecule has 0 aromatic heterocycles. The molecule has 152 valence electrons. The number of sulfonamides is 1. The van der Waals surface area contributed by atoms with Gasteiger partial charge in [0, 0.05) is 37.8 Å². The van der Waals surface area contributed by atoms with Crippen LogP contribution in [0.25, 0.3) is 0 Å². The highest BCUT2D eigenvalue weighted by molar-refractivity contribution is 7.89. The van der Waals surface area contributed by atoms with E-state index in [1.165, 1.54) is 4.31 Å². The minimum atomic E-state index is -3.56. The van der Waals surface area contributed by atoms with Crippen LogP contribution in [0.5, 0.6) is 0 Å². The molecule has 1 heterocycles. The van der Waals surface area contributed by atoms with E-state index in [0.29, 0.717) is 24.7 Å². The fraction of sp³-hybridized carbons (Fsp3) is 0.650. The molecule has 0 bridgehead atoms. The van der Waals surface area contributed by atoms with Crippen molar-refractivity contribution in [3.63, 3.8) is 0 Å². The van der Waals surface area contributed by atoms with Crippen LogP contribution >= 0.6 is 0 Å². The fourth-order valence-corrected chi connectivity index (χ4v) is 5.01. The van der Waals surface area contributed by atoms with Crippen molar-refractivity contribution in [2.75, 3.05) is 33.2 Å². The average molecular weight is 396 g/mol. The topological polar surface area (TPSA) is 60.9 Å². The number of nitrogens with zero attached hydrogens (tertiary/aromatic N) is 3. The van der Waals surface area contributed by atoms with Crippen LogP contribution in [-0.2, 0) is 10.0 Å². The lowest BCUT2D eigenvalue weighted by atomic mass is 10.0. The lowest BCUT2D eigenvalue weighted by molar-refractivity contribution is 0.0773. The molecule has 0 saturated carbocycles. The molecule has 1 saturated heterocycles. The van der Waals surface area contributed by atoms with E-state index in [0.717, 1.165) is 25.9 Å². The summed E-state index contributed by atoms with van der Waals surface area (Å²) in [4.78, 5) is 16.7. The molecule has 0 atom stereocenters. The number of amides is 1. The van der Waals surface area contributed by atoms with Crippen LogP contribution in [0, 0.1) is 0 Å². The van der Waals surface area contributed by atoms with Crippen LogP contribution in [0.1, 0.15) is 50.9 Å². The fourth-order valence-electron chi connectivity index (χ4n) is 3.59. The van der Waals surface area contributed by atoms with E-state index in [1.54, 1.807) is 36.2 Å².